The Morgan fingerprint density at radius 1 is 1.44 bits per heavy atom. The first kappa shape index (κ1) is 18.7. The van der Waals surface area contributed by atoms with Crippen LogP contribution in [0.3, 0.4) is 0 Å². The van der Waals surface area contributed by atoms with Gasteiger partial charge in [-0.25, -0.2) is 4.39 Å². The van der Waals surface area contributed by atoms with Gasteiger partial charge < -0.3 is 9.47 Å². The van der Waals surface area contributed by atoms with Crippen LogP contribution in [-0.2, 0) is 20.7 Å². The highest BCUT2D eigenvalue weighted by Gasteiger charge is 2.38. The number of rotatable bonds is 3. The van der Waals surface area contributed by atoms with E-state index >= 15 is 0 Å². The van der Waals surface area contributed by atoms with Crippen molar-refractivity contribution in [2.75, 3.05) is 18.6 Å². The fraction of sp³-hybridized carbons (Fsp3) is 0.500. The minimum Gasteiger partial charge on any atom is -0.494 e. The molecule has 0 N–H and O–H groups in total. The van der Waals surface area contributed by atoms with Crippen LogP contribution in [0.4, 0.5) is 10.1 Å². The molecule has 25 heavy (non-hydrogen) atoms. The number of halogens is 1. The highest BCUT2D eigenvalue weighted by atomic mass is 19.1. The zero-order valence-electron chi connectivity index (χ0n) is 14.8. The molecule has 1 unspecified atom stereocenters. The van der Waals surface area contributed by atoms with E-state index in [-0.39, 0.29) is 18.7 Å². The third-order valence-electron chi connectivity index (χ3n) is 3.83. The van der Waals surface area contributed by atoms with E-state index in [1.807, 2.05) is 6.07 Å². The molecule has 0 fully saturated rings. The molecule has 0 radical (unpaired) electrons. The number of fused-ring (bicyclic) bond motifs is 1. The van der Waals surface area contributed by atoms with Crippen LogP contribution in [0.15, 0.2) is 12.1 Å². The third-order valence-corrected chi connectivity index (χ3v) is 3.83. The second-order valence-corrected chi connectivity index (χ2v) is 6.82. The second kappa shape index (κ2) is 7.09. The number of nitrogens with zero attached hydrogens (tertiary/aromatic N) is 2. The van der Waals surface area contributed by atoms with Crippen LogP contribution in [0.2, 0.25) is 0 Å². The van der Waals surface area contributed by atoms with Gasteiger partial charge in [0.25, 0.3) is 0 Å². The van der Waals surface area contributed by atoms with Gasteiger partial charge in [0.15, 0.2) is 11.6 Å². The molecule has 0 bridgehead atoms. The van der Waals surface area contributed by atoms with Crippen molar-refractivity contribution in [3.8, 4) is 11.8 Å². The van der Waals surface area contributed by atoms with Crippen LogP contribution in [0, 0.1) is 23.1 Å². The van der Waals surface area contributed by atoms with Crippen LogP contribution in [0.1, 0.15) is 32.8 Å². The van der Waals surface area contributed by atoms with Crippen molar-refractivity contribution >= 4 is 17.6 Å². The predicted octanol–water partition coefficient (Wildman–Crippen LogP) is 2.59. The molecule has 1 aromatic carbocycles. The number of hydrogen-bond acceptors (Lipinski definition) is 5. The van der Waals surface area contributed by atoms with Crippen molar-refractivity contribution in [1.29, 1.82) is 5.26 Å². The summed E-state index contributed by atoms with van der Waals surface area (Å²) in [5.74, 6) is -2.77. The summed E-state index contributed by atoms with van der Waals surface area (Å²) in [7, 11) is 1.32. The summed E-state index contributed by atoms with van der Waals surface area (Å²) in [6.07, 6.45) is 0.502. The highest BCUT2D eigenvalue weighted by molar-refractivity contribution is 6.07. The molecular weight excluding hydrogens is 327 g/mol. The first-order chi connectivity index (χ1) is 11.7. The topological polar surface area (TPSA) is 79.6 Å². The summed E-state index contributed by atoms with van der Waals surface area (Å²) in [6.45, 7) is 4.90. The Kier molecular flexibility index (Phi) is 5.31. The molecule has 1 heterocycles. The molecule has 0 saturated heterocycles. The molecule has 1 aliphatic heterocycles. The van der Waals surface area contributed by atoms with Crippen molar-refractivity contribution in [3.63, 3.8) is 0 Å². The predicted molar refractivity (Wildman–Crippen MR) is 88.6 cm³/mol. The molecule has 0 aromatic heterocycles. The molecule has 6 nitrogen and oxygen atoms in total. The number of carbonyl (C=O) groups is 2. The number of aryl methyl sites for hydroxylation is 1. The lowest BCUT2D eigenvalue weighted by Crippen LogP contribution is -2.41. The van der Waals surface area contributed by atoms with Gasteiger partial charge in [0.2, 0.25) is 5.91 Å². The highest BCUT2D eigenvalue weighted by Crippen LogP contribution is 2.35. The average molecular weight is 348 g/mol. The minimum absolute atomic E-state index is 0.0230. The van der Waals surface area contributed by atoms with Gasteiger partial charge in [-0.3, -0.25) is 14.5 Å². The van der Waals surface area contributed by atoms with Crippen LogP contribution >= 0.6 is 0 Å². The molecule has 1 amide bonds. The van der Waals surface area contributed by atoms with E-state index in [1.165, 1.54) is 24.1 Å². The summed E-state index contributed by atoms with van der Waals surface area (Å²) >= 11 is 0. The molecule has 1 aliphatic rings. The Hall–Kier alpha value is -2.62. The number of amides is 1. The lowest BCUT2D eigenvalue weighted by Gasteiger charge is -2.26. The minimum atomic E-state index is -1.03. The van der Waals surface area contributed by atoms with Gasteiger partial charge in [0.05, 0.1) is 18.9 Å². The molecule has 2 rings (SSSR count). The van der Waals surface area contributed by atoms with E-state index in [2.05, 4.69) is 0 Å². The van der Waals surface area contributed by atoms with Crippen molar-refractivity contribution in [1.82, 2.24) is 0 Å². The average Bonchev–Trinajstić information content (AvgIpc) is 2.63. The SMILES string of the molecule is COc1cc2c(cc1F)CCC(C(=O)OC(C)(C)C)C(=O)N2CC#N. The fourth-order valence-electron chi connectivity index (χ4n) is 2.75. The first-order valence-electron chi connectivity index (χ1n) is 7.95. The third kappa shape index (κ3) is 4.08. The summed E-state index contributed by atoms with van der Waals surface area (Å²) in [5.41, 5.74) is 0.204. The van der Waals surface area contributed by atoms with Gasteiger partial charge in [-0.15, -0.1) is 0 Å². The first-order valence-corrected chi connectivity index (χ1v) is 7.95. The summed E-state index contributed by atoms with van der Waals surface area (Å²) in [5, 5.41) is 9.08. The number of nitriles is 1. The van der Waals surface area contributed by atoms with Crippen molar-refractivity contribution in [2.24, 2.45) is 5.92 Å². The smallest absolute Gasteiger partial charge is 0.319 e. The van der Waals surface area contributed by atoms with Crippen molar-refractivity contribution < 1.29 is 23.5 Å². The molecule has 1 atom stereocenters. The molecule has 0 aliphatic carbocycles. The molecular formula is C18H21FN2O4. The maximum atomic E-state index is 14.0. The number of hydrogen-bond donors (Lipinski definition) is 0. The number of anilines is 1. The number of ether oxygens (including phenoxy) is 2. The van der Waals surface area contributed by atoms with E-state index < -0.39 is 29.2 Å². The normalized spacial score (nSPS) is 17.4. The molecule has 134 valence electrons. The second-order valence-electron chi connectivity index (χ2n) is 6.82. The van der Waals surface area contributed by atoms with Gasteiger partial charge in [0, 0.05) is 6.07 Å². The summed E-state index contributed by atoms with van der Waals surface area (Å²) < 4.78 is 24.3. The van der Waals surface area contributed by atoms with Crippen molar-refractivity contribution in [2.45, 2.75) is 39.2 Å². The Morgan fingerprint density at radius 2 is 2.12 bits per heavy atom. The zero-order valence-corrected chi connectivity index (χ0v) is 14.8. The summed E-state index contributed by atoms with van der Waals surface area (Å²) in [6, 6.07) is 4.58. The quantitative estimate of drug-likeness (QED) is 0.476. The van der Waals surface area contributed by atoms with E-state index in [0.717, 1.165) is 0 Å². The summed E-state index contributed by atoms with van der Waals surface area (Å²) in [4.78, 5) is 26.5. The number of carbonyl (C=O) groups excluding carboxylic acids is 2. The molecule has 1 aromatic rings. The zero-order chi connectivity index (χ0) is 18.8. The van der Waals surface area contributed by atoms with Gasteiger partial charge in [-0.05, 0) is 45.2 Å². The molecule has 0 spiro atoms. The van der Waals surface area contributed by atoms with E-state index in [4.69, 9.17) is 14.7 Å². The lowest BCUT2D eigenvalue weighted by atomic mass is 10.00. The largest absolute Gasteiger partial charge is 0.494 e. The van der Waals surface area contributed by atoms with Crippen LogP contribution in [0.25, 0.3) is 0 Å². The van der Waals surface area contributed by atoms with E-state index in [9.17, 15) is 14.0 Å². The molecule has 0 saturated carbocycles. The number of esters is 1. The maximum Gasteiger partial charge on any atom is 0.319 e. The number of methoxy groups -OCH3 is 1. The van der Waals surface area contributed by atoms with Crippen LogP contribution in [-0.4, -0.2) is 31.1 Å². The molecule has 7 heteroatoms. The van der Waals surface area contributed by atoms with Crippen LogP contribution in [0.5, 0.6) is 5.75 Å². The van der Waals surface area contributed by atoms with Gasteiger partial charge in [-0.2, -0.15) is 5.26 Å². The van der Waals surface area contributed by atoms with Crippen LogP contribution < -0.4 is 9.64 Å². The van der Waals surface area contributed by atoms with Gasteiger partial charge in [0.1, 0.15) is 18.1 Å². The Balaban J connectivity index is 2.44. The van der Waals surface area contributed by atoms with E-state index in [0.29, 0.717) is 17.7 Å². The van der Waals surface area contributed by atoms with Crippen molar-refractivity contribution in [3.05, 3.63) is 23.5 Å². The van der Waals surface area contributed by atoms with E-state index in [1.54, 1.807) is 20.8 Å². The Morgan fingerprint density at radius 3 is 2.68 bits per heavy atom. The number of benzene rings is 1. The Labute approximate surface area is 146 Å². The maximum absolute atomic E-state index is 14.0. The Bertz CT molecular complexity index is 734. The standard InChI is InChI=1S/C18H21FN2O4/c1-18(2,3)25-17(23)12-6-5-11-9-13(19)15(24-4)10-14(11)21(8-7-20)16(12)22/h9-10,12H,5-6,8H2,1-4H3. The monoisotopic (exact) mass is 348 g/mol. The van der Waals surface area contributed by atoms with Gasteiger partial charge >= 0.3 is 5.97 Å². The lowest BCUT2D eigenvalue weighted by molar-refractivity contribution is -0.162. The van der Waals surface area contributed by atoms with Gasteiger partial charge in [-0.1, -0.05) is 0 Å². The fourth-order valence-corrected chi connectivity index (χ4v) is 2.75.